The zero-order chi connectivity index (χ0) is 10.1. The van der Waals surface area contributed by atoms with E-state index < -0.39 is 0 Å². The molecule has 4 nitrogen and oxygen atoms in total. The third-order valence-corrected chi connectivity index (χ3v) is 2.61. The number of rotatable bonds is 1. The number of nitrogens with zero attached hydrogens (tertiary/aromatic N) is 1. The molecule has 1 fully saturated rings. The Morgan fingerprint density at radius 1 is 1.71 bits per heavy atom. The predicted octanol–water partition coefficient (Wildman–Crippen LogP) is 0.841. The standard InChI is InChI=1S/C9H12ClN3O/c10-6-3-8(12-4-6)9(14)13-2-1-7(11)5-13/h3-4,7,12H,1-2,5,11H2/t7-/m0/s1. The van der Waals surface area contributed by atoms with Gasteiger partial charge in [-0.25, -0.2) is 0 Å². The molecule has 1 aromatic rings. The van der Waals surface area contributed by atoms with Crippen molar-refractivity contribution < 1.29 is 4.79 Å². The van der Waals surface area contributed by atoms with Gasteiger partial charge in [0.1, 0.15) is 5.69 Å². The summed E-state index contributed by atoms with van der Waals surface area (Å²) >= 11 is 5.71. The summed E-state index contributed by atoms with van der Waals surface area (Å²) < 4.78 is 0. The zero-order valence-electron chi connectivity index (χ0n) is 7.66. The number of hydrogen-bond acceptors (Lipinski definition) is 2. The van der Waals surface area contributed by atoms with E-state index in [0.717, 1.165) is 13.0 Å². The Morgan fingerprint density at radius 2 is 2.50 bits per heavy atom. The Bertz CT molecular complexity index is 350. The van der Waals surface area contributed by atoms with Crippen molar-refractivity contribution in [3.63, 3.8) is 0 Å². The topological polar surface area (TPSA) is 62.1 Å². The molecule has 1 amide bonds. The van der Waals surface area contributed by atoms with Crippen LogP contribution in [0.15, 0.2) is 12.3 Å². The molecule has 76 valence electrons. The first-order valence-electron chi connectivity index (χ1n) is 4.55. The van der Waals surface area contributed by atoms with Crippen LogP contribution >= 0.6 is 11.6 Å². The molecule has 0 spiro atoms. The zero-order valence-corrected chi connectivity index (χ0v) is 8.42. The van der Waals surface area contributed by atoms with E-state index in [4.69, 9.17) is 17.3 Å². The van der Waals surface area contributed by atoms with E-state index in [1.807, 2.05) is 0 Å². The molecule has 2 heterocycles. The lowest BCUT2D eigenvalue weighted by Gasteiger charge is -2.14. The normalized spacial score (nSPS) is 21.6. The number of H-pyrrole nitrogens is 1. The summed E-state index contributed by atoms with van der Waals surface area (Å²) in [6.07, 6.45) is 2.48. The minimum atomic E-state index is -0.0233. The van der Waals surface area contributed by atoms with Gasteiger partial charge >= 0.3 is 0 Å². The van der Waals surface area contributed by atoms with Crippen molar-refractivity contribution in [2.45, 2.75) is 12.5 Å². The van der Waals surface area contributed by atoms with Crippen molar-refractivity contribution in [2.24, 2.45) is 5.73 Å². The molecule has 0 aliphatic carbocycles. The summed E-state index contributed by atoms with van der Waals surface area (Å²) in [5.74, 6) is -0.0233. The van der Waals surface area contributed by atoms with Crippen molar-refractivity contribution >= 4 is 17.5 Å². The molecule has 0 saturated carbocycles. The number of halogens is 1. The van der Waals surface area contributed by atoms with Gasteiger partial charge in [0, 0.05) is 25.3 Å². The number of amides is 1. The Balaban J connectivity index is 2.09. The lowest BCUT2D eigenvalue weighted by molar-refractivity contribution is 0.0786. The maximum Gasteiger partial charge on any atom is 0.270 e. The number of nitrogens with one attached hydrogen (secondary N) is 1. The predicted molar refractivity (Wildman–Crippen MR) is 54.3 cm³/mol. The third-order valence-electron chi connectivity index (χ3n) is 2.39. The Labute approximate surface area is 87.0 Å². The molecule has 0 bridgehead atoms. The SMILES string of the molecule is N[C@H]1CCN(C(=O)c2cc(Cl)c[nH]2)C1. The van der Waals surface area contributed by atoms with Gasteiger partial charge < -0.3 is 15.6 Å². The van der Waals surface area contributed by atoms with Crippen LogP contribution in [0.3, 0.4) is 0 Å². The highest BCUT2D eigenvalue weighted by Crippen LogP contribution is 2.14. The average molecular weight is 214 g/mol. The lowest BCUT2D eigenvalue weighted by Crippen LogP contribution is -2.32. The second kappa shape index (κ2) is 3.63. The van der Waals surface area contributed by atoms with Crippen LogP contribution in [0.4, 0.5) is 0 Å². The van der Waals surface area contributed by atoms with E-state index in [1.54, 1.807) is 17.2 Å². The molecule has 14 heavy (non-hydrogen) atoms. The van der Waals surface area contributed by atoms with Gasteiger partial charge in [-0.15, -0.1) is 0 Å². The van der Waals surface area contributed by atoms with Gasteiger partial charge in [-0.2, -0.15) is 0 Å². The monoisotopic (exact) mass is 213 g/mol. The molecule has 1 aromatic heterocycles. The van der Waals surface area contributed by atoms with Crippen LogP contribution in [-0.4, -0.2) is 34.9 Å². The van der Waals surface area contributed by atoms with E-state index >= 15 is 0 Å². The lowest BCUT2D eigenvalue weighted by atomic mass is 10.3. The smallest absolute Gasteiger partial charge is 0.270 e. The quantitative estimate of drug-likeness (QED) is 0.726. The molecule has 2 rings (SSSR count). The van der Waals surface area contributed by atoms with Gasteiger partial charge in [-0.1, -0.05) is 11.6 Å². The van der Waals surface area contributed by atoms with Gasteiger partial charge in [0.15, 0.2) is 0 Å². The van der Waals surface area contributed by atoms with Crippen molar-refractivity contribution in [3.8, 4) is 0 Å². The molecular weight excluding hydrogens is 202 g/mol. The van der Waals surface area contributed by atoms with Crippen LogP contribution in [0.25, 0.3) is 0 Å². The first-order valence-corrected chi connectivity index (χ1v) is 4.93. The molecule has 1 aliphatic rings. The van der Waals surface area contributed by atoms with Crippen molar-refractivity contribution in [3.05, 3.63) is 23.0 Å². The molecule has 0 radical (unpaired) electrons. The van der Waals surface area contributed by atoms with Crippen molar-refractivity contribution in [2.75, 3.05) is 13.1 Å². The van der Waals surface area contributed by atoms with Crippen molar-refractivity contribution in [1.82, 2.24) is 9.88 Å². The highest BCUT2D eigenvalue weighted by atomic mass is 35.5. The van der Waals surface area contributed by atoms with E-state index in [2.05, 4.69) is 4.98 Å². The maximum atomic E-state index is 11.8. The number of likely N-dealkylation sites (tertiary alicyclic amines) is 1. The van der Waals surface area contributed by atoms with Crippen LogP contribution in [0.2, 0.25) is 5.02 Å². The number of aromatic nitrogens is 1. The molecule has 3 N–H and O–H groups in total. The summed E-state index contributed by atoms with van der Waals surface area (Å²) in [6, 6.07) is 1.75. The van der Waals surface area contributed by atoms with E-state index in [9.17, 15) is 4.79 Å². The van der Waals surface area contributed by atoms with Crippen LogP contribution in [0, 0.1) is 0 Å². The minimum Gasteiger partial charge on any atom is -0.356 e. The first kappa shape index (κ1) is 9.55. The van der Waals surface area contributed by atoms with Crippen LogP contribution in [0.5, 0.6) is 0 Å². The van der Waals surface area contributed by atoms with Crippen LogP contribution in [-0.2, 0) is 0 Å². The molecule has 1 atom stereocenters. The minimum absolute atomic E-state index is 0.0233. The number of carbonyl (C=O) groups excluding carboxylic acids is 1. The largest absolute Gasteiger partial charge is 0.356 e. The summed E-state index contributed by atoms with van der Waals surface area (Å²) in [5.41, 5.74) is 6.25. The van der Waals surface area contributed by atoms with Crippen LogP contribution in [0.1, 0.15) is 16.9 Å². The van der Waals surface area contributed by atoms with Gasteiger partial charge in [0.05, 0.1) is 5.02 Å². The fourth-order valence-electron chi connectivity index (χ4n) is 1.63. The van der Waals surface area contributed by atoms with E-state index in [-0.39, 0.29) is 11.9 Å². The molecule has 5 heteroatoms. The van der Waals surface area contributed by atoms with Gasteiger partial charge in [-0.3, -0.25) is 4.79 Å². The Morgan fingerprint density at radius 3 is 3.00 bits per heavy atom. The summed E-state index contributed by atoms with van der Waals surface area (Å²) in [4.78, 5) is 16.4. The van der Waals surface area contributed by atoms with Crippen molar-refractivity contribution in [1.29, 1.82) is 0 Å². The fraction of sp³-hybridized carbons (Fsp3) is 0.444. The second-order valence-corrected chi connectivity index (χ2v) is 3.97. The molecule has 1 saturated heterocycles. The van der Waals surface area contributed by atoms with Crippen LogP contribution < -0.4 is 5.73 Å². The summed E-state index contributed by atoms with van der Waals surface area (Å²) in [5, 5.41) is 0.553. The number of hydrogen-bond donors (Lipinski definition) is 2. The van der Waals surface area contributed by atoms with Gasteiger partial charge in [0.2, 0.25) is 0 Å². The highest BCUT2D eigenvalue weighted by molar-refractivity contribution is 6.30. The van der Waals surface area contributed by atoms with Gasteiger partial charge in [-0.05, 0) is 12.5 Å². The molecule has 0 unspecified atom stereocenters. The average Bonchev–Trinajstić information content (AvgIpc) is 2.73. The summed E-state index contributed by atoms with van der Waals surface area (Å²) in [6.45, 7) is 1.37. The highest BCUT2D eigenvalue weighted by Gasteiger charge is 2.25. The Kier molecular flexibility index (Phi) is 2.48. The fourth-order valence-corrected chi connectivity index (χ4v) is 1.80. The molecular formula is C9H12ClN3O. The van der Waals surface area contributed by atoms with E-state index in [0.29, 0.717) is 17.3 Å². The molecule has 0 aromatic carbocycles. The third kappa shape index (κ3) is 1.76. The number of carbonyl (C=O) groups is 1. The number of aromatic amines is 1. The first-order chi connectivity index (χ1) is 6.66. The Hall–Kier alpha value is -1.00. The second-order valence-electron chi connectivity index (χ2n) is 3.53. The van der Waals surface area contributed by atoms with E-state index in [1.165, 1.54) is 0 Å². The maximum absolute atomic E-state index is 11.8. The van der Waals surface area contributed by atoms with Gasteiger partial charge in [0.25, 0.3) is 5.91 Å². The number of nitrogens with two attached hydrogens (primary N) is 1. The molecule has 1 aliphatic heterocycles. The summed E-state index contributed by atoms with van der Waals surface area (Å²) in [7, 11) is 0.